The lowest BCUT2D eigenvalue weighted by molar-refractivity contribution is 0.622. The van der Waals surface area contributed by atoms with Crippen LogP contribution in [-0.2, 0) is 13.1 Å². The summed E-state index contributed by atoms with van der Waals surface area (Å²) in [5, 5.41) is 16.3. The van der Waals surface area contributed by atoms with Crippen LogP contribution in [0.4, 0.5) is 5.69 Å². The quantitative estimate of drug-likeness (QED) is 0.890. The predicted molar refractivity (Wildman–Crippen MR) is 68.9 cm³/mol. The Morgan fingerprint density at radius 2 is 2.28 bits per heavy atom. The number of hydrogen-bond donors (Lipinski definition) is 1. The number of nitrogens with one attached hydrogen (secondary N) is 1. The maximum Gasteiger partial charge on any atom is 0.146 e. The Bertz CT molecular complexity index is 579. The first-order valence-corrected chi connectivity index (χ1v) is 5.86. The molecule has 0 unspecified atom stereocenters. The molecule has 0 aliphatic carbocycles. The first-order chi connectivity index (χ1) is 8.74. The highest BCUT2D eigenvalue weighted by Gasteiger charge is 2.04. The summed E-state index contributed by atoms with van der Waals surface area (Å²) in [5.74, 6) is 0.888. The van der Waals surface area contributed by atoms with Crippen LogP contribution in [0.2, 0.25) is 0 Å². The molecule has 0 aliphatic rings. The third-order valence-corrected chi connectivity index (χ3v) is 2.80. The van der Waals surface area contributed by atoms with E-state index in [1.54, 1.807) is 6.33 Å². The zero-order valence-corrected chi connectivity index (χ0v) is 10.5. The van der Waals surface area contributed by atoms with Gasteiger partial charge in [0.15, 0.2) is 0 Å². The van der Waals surface area contributed by atoms with Gasteiger partial charge in [-0.3, -0.25) is 0 Å². The van der Waals surface area contributed by atoms with E-state index in [-0.39, 0.29) is 0 Å². The van der Waals surface area contributed by atoms with Crippen molar-refractivity contribution in [3.05, 3.63) is 41.5 Å². The standard InChI is InChI=1S/C13H15N5/c1-3-18-13(16-9-17-18)8-15-12-6-11(7-14)5-4-10(12)2/h4-6,9,15H,3,8H2,1-2H3. The molecule has 2 aromatic rings. The van der Waals surface area contributed by atoms with E-state index in [0.29, 0.717) is 12.1 Å². The minimum Gasteiger partial charge on any atom is -0.378 e. The van der Waals surface area contributed by atoms with E-state index < -0.39 is 0 Å². The molecule has 1 aromatic carbocycles. The van der Waals surface area contributed by atoms with Crippen LogP contribution in [0.15, 0.2) is 24.5 Å². The van der Waals surface area contributed by atoms with Gasteiger partial charge in [-0.05, 0) is 31.5 Å². The van der Waals surface area contributed by atoms with Gasteiger partial charge in [0.2, 0.25) is 0 Å². The Morgan fingerprint density at radius 3 is 3.00 bits per heavy atom. The molecular formula is C13H15N5. The molecule has 0 radical (unpaired) electrons. The van der Waals surface area contributed by atoms with Crippen LogP contribution >= 0.6 is 0 Å². The fraction of sp³-hybridized carbons (Fsp3) is 0.308. The highest BCUT2D eigenvalue weighted by Crippen LogP contribution is 2.17. The Balaban J connectivity index is 2.13. The normalized spacial score (nSPS) is 10.1. The molecule has 1 heterocycles. The number of rotatable bonds is 4. The van der Waals surface area contributed by atoms with E-state index in [1.807, 2.05) is 36.7 Å². The highest BCUT2D eigenvalue weighted by molar-refractivity contribution is 5.55. The van der Waals surface area contributed by atoms with Crippen molar-refractivity contribution in [1.29, 1.82) is 5.26 Å². The van der Waals surface area contributed by atoms with Gasteiger partial charge in [-0.2, -0.15) is 10.4 Å². The van der Waals surface area contributed by atoms with Crippen LogP contribution in [-0.4, -0.2) is 14.8 Å². The molecule has 18 heavy (non-hydrogen) atoms. The molecule has 92 valence electrons. The predicted octanol–water partition coefficient (Wildman–Crippen LogP) is 2.09. The van der Waals surface area contributed by atoms with Crippen molar-refractivity contribution in [2.45, 2.75) is 26.9 Å². The molecule has 0 atom stereocenters. The second-order valence-corrected chi connectivity index (χ2v) is 3.99. The van der Waals surface area contributed by atoms with E-state index >= 15 is 0 Å². The Hall–Kier alpha value is -2.35. The van der Waals surface area contributed by atoms with Gasteiger partial charge in [-0.25, -0.2) is 9.67 Å². The third-order valence-electron chi connectivity index (χ3n) is 2.80. The summed E-state index contributed by atoms with van der Waals surface area (Å²) in [6, 6.07) is 7.74. The zero-order chi connectivity index (χ0) is 13.0. The average molecular weight is 241 g/mol. The number of aromatic nitrogens is 3. The molecule has 5 heteroatoms. The highest BCUT2D eigenvalue weighted by atomic mass is 15.3. The lowest BCUT2D eigenvalue weighted by atomic mass is 10.1. The van der Waals surface area contributed by atoms with Crippen molar-refractivity contribution >= 4 is 5.69 Å². The minimum atomic E-state index is 0.601. The summed E-state index contributed by atoms with van der Waals surface area (Å²) in [7, 11) is 0. The van der Waals surface area contributed by atoms with Crippen molar-refractivity contribution in [2.75, 3.05) is 5.32 Å². The number of benzene rings is 1. The summed E-state index contributed by atoms with van der Waals surface area (Å²) in [4.78, 5) is 4.20. The molecule has 0 spiro atoms. The van der Waals surface area contributed by atoms with Gasteiger partial charge in [0.1, 0.15) is 12.2 Å². The van der Waals surface area contributed by atoms with Gasteiger partial charge in [0.25, 0.3) is 0 Å². The van der Waals surface area contributed by atoms with Gasteiger partial charge >= 0.3 is 0 Å². The second kappa shape index (κ2) is 5.32. The van der Waals surface area contributed by atoms with Crippen molar-refractivity contribution in [3.8, 4) is 6.07 Å². The van der Waals surface area contributed by atoms with Crippen molar-refractivity contribution < 1.29 is 0 Å². The first kappa shape index (κ1) is 12.1. The van der Waals surface area contributed by atoms with E-state index in [0.717, 1.165) is 23.6 Å². The number of nitriles is 1. The van der Waals surface area contributed by atoms with Gasteiger partial charge in [-0.15, -0.1) is 0 Å². The van der Waals surface area contributed by atoms with E-state index in [1.165, 1.54) is 0 Å². The maximum absolute atomic E-state index is 8.88. The number of anilines is 1. The molecule has 2 rings (SSSR count). The van der Waals surface area contributed by atoms with Gasteiger partial charge in [-0.1, -0.05) is 6.07 Å². The Morgan fingerprint density at radius 1 is 1.44 bits per heavy atom. The molecular weight excluding hydrogens is 226 g/mol. The third kappa shape index (κ3) is 2.48. The van der Waals surface area contributed by atoms with Crippen LogP contribution in [0.3, 0.4) is 0 Å². The summed E-state index contributed by atoms with van der Waals surface area (Å²) in [5.41, 5.74) is 2.72. The van der Waals surface area contributed by atoms with Crippen LogP contribution in [0.5, 0.6) is 0 Å². The van der Waals surface area contributed by atoms with Gasteiger partial charge < -0.3 is 5.32 Å². The number of hydrogen-bond acceptors (Lipinski definition) is 4. The summed E-state index contributed by atoms with van der Waals surface area (Å²) in [6.45, 7) is 5.44. The van der Waals surface area contributed by atoms with E-state index in [4.69, 9.17) is 5.26 Å². The van der Waals surface area contributed by atoms with Crippen LogP contribution < -0.4 is 5.32 Å². The SMILES string of the molecule is CCn1ncnc1CNc1cc(C#N)ccc1C. The van der Waals surface area contributed by atoms with E-state index in [2.05, 4.69) is 21.5 Å². The fourth-order valence-corrected chi connectivity index (χ4v) is 1.75. The maximum atomic E-state index is 8.88. The molecule has 0 saturated carbocycles. The molecule has 1 aromatic heterocycles. The Labute approximate surface area is 106 Å². The fourth-order valence-electron chi connectivity index (χ4n) is 1.75. The topological polar surface area (TPSA) is 66.5 Å². The largest absolute Gasteiger partial charge is 0.378 e. The smallest absolute Gasteiger partial charge is 0.146 e. The molecule has 0 amide bonds. The van der Waals surface area contributed by atoms with Crippen molar-refractivity contribution in [1.82, 2.24) is 14.8 Å². The molecule has 0 saturated heterocycles. The summed E-state index contributed by atoms with van der Waals surface area (Å²) in [6.07, 6.45) is 1.55. The number of aryl methyl sites for hydroxylation is 2. The summed E-state index contributed by atoms with van der Waals surface area (Å²) < 4.78 is 1.84. The number of nitrogens with zero attached hydrogens (tertiary/aromatic N) is 4. The monoisotopic (exact) mass is 241 g/mol. The van der Waals surface area contributed by atoms with Crippen LogP contribution in [0.1, 0.15) is 23.9 Å². The van der Waals surface area contributed by atoms with E-state index in [9.17, 15) is 0 Å². The minimum absolute atomic E-state index is 0.601. The average Bonchev–Trinajstić information content (AvgIpc) is 2.85. The van der Waals surface area contributed by atoms with Crippen LogP contribution in [0.25, 0.3) is 0 Å². The van der Waals surface area contributed by atoms with Crippen molar-refractivity contribution in [2.24, 2.45) is 0 Å². The first-order valence-electron chi connectivity index (χ1n) is 5.86. The lowest BCUT2D eigenvalue weighted by Crippen LogP contribution is -2.09. The molecule has 1 N–H and O–H groups in total. The molecule has 5 nitrogen and oxygen atoms in total. The molecule has 0 fully saturated rings. The van der Waals surface area contributed by atoms with Crippen molar-refractivity contribution in [3.63, 3.8) is 0 Å². The van der Waals surface area contributed by atoms with Crippen LogP contribution in [0, 0.1) is 18.3 Å². The summed E-state index contributed by atoms with van der Waals surface area (Å²) >= 11 is 0. The molecule has 0 aliphatic heterocycles. The molecule has 0 bridgehead atoms. The lowest BCUT2D eigenvalue weighted by Gasteiger charge is -2.09. The zero-order valence-electron chi connectivity index (χ0n) is 10.5. The van der Waals surface area contributed by atoms with Gasteiger partial charge in [0.05, 0.1) is 18.2 Å². The van der Waals surface area contributed by atoms with Gasteiger partial charge in [0, 0.05) is 12.2 Å². The second-order valence-electron chi connectivity index (χ2n) is 3.99. The Kier molecular flexibility index (Phi) is 3.58.